The Bertz CT molecular complexity index is 1610. The number of amides is 1. The molecule has 3 aromatic carbocycles. The van der Waals surface area contributed by atoms with E-state index in [2.05, 4.69) is 49.2 Å². The summed E-state index contributed by atoms with van der Waals surface area (Å²) < 4.78 is 27.3. The van der Waals surface area contributed by atoms with Crippen molar-refractivity contribution in [2.75, 3.05) is 18.5 Å². The van der Waals surface area contributed by atoms with Crippen LogP contribution in [0.5, 0.6) is 11.5 Å². The number of aryl methyl sites for hydroxylation is 1. The topological polar surface area (TPSA) is 94.8 Å². The minimum Gasteiger partial charge on any atom is -0.490 e. The van der Waals surface area contributed by atoms with E-state index in [1.807, 2.05) is 19.1 Å². The summed E-state index contributed by atoms with van der Waals surface area (Å²) in [6, 6.07) is 14.3. The first-order valence-electron chi connectivity index (χ1n) is 12.7. The van der Waals surface area contributed by atoms with Crippen LogP contribution in [0.3, 0.4) is 0 Å². The molecule has 0 aliphatic heterocycles. The van der Waals surface area contributed by atoms with Gasteiger partial charge in [0.15, 0.2) is 18.1 Å². The van der Waals surface area contributed by atoms with Gasteiger partial charge in [-0.1, -0.05) is 29.3 Å². The molecule has 1 N–H and O–H groups in total. The standard InChI is InChI=1S/C29H27Br2FN4O4/c1-3-5-6-26-35-24-12-7-19(30)15-22(24)29(38)36(26)33-16-18-13-23(31)28(25(14-18)39-4-2)40-17-27(37)34-21-10-8-20(32)9-11-21/h7-16H,3-6,17H2,1-2H3,(H,34,37). The Balaban J connectivity index is 1.60. The van der Waals surface area contributed by atoms with Crippen molar-refractivity contribution >= 4 is 60.6 Å². The van der Waals surface area contributed by atoms with Gasteiger partial charge in [-0.05, 0) is 89.4 Å². The van der Waals surface area contributed by atoms with Crippen molar-refractivity contribution in [3.63, 3.8) is 0 Å². The molecule has 0 spiro atoms. The lowest BCUT2D eigenvalue weighted by molar-refractivity contribution is -0.118. The molecule has 0 radical (unpaired) electrons. The maximum absolute atomic E-state index is 13.4. The van der Waals surface area contributed by atoms with E-state index >= 15 is 0 Å². The molecular weight excluding hydrogens is 647 g/mol. The fourth-order valence-electron chi connectivity index (χ4n) is 3.87. The van der Waals surface area contributed by atoms with Gasteiger partial charge >= 0.3 is 0 Å². The molecule has 11 heteroatoms. The Morgan fingerprint density at radius 1 is 1.10 bits per heavy atom. The summed E-state index contributed by atoms with van der Waals surface area (Å²) in [6.07, 6.45) is 3.98. The SMILES string of the molecule is CCCCc1nc2ccc(Br)cc2c(=O)n1N=Cc1cc(Br)c(OCC(=O)Nc2ccc(F)cc2)c(OCC)c1. The van der Waals surface area contributed by atoms with E-state index < -0.39 is 11.7 Å². The van der Waals surface area contributed by atoms with Crippen molar-refractivity contribution in [1.29, 1.82) is 0 Å². The van der Waals surface area contributed by atoms with Crippen molar-refractivity contribution in [2.45, 2.75) is 33.1 Å². The number of halogens is 3. The molecule has 0 atom stereocenters. The molecule has 4 aromatic rings. The predicted molar refractivity (Wildman–Crippen MR) is 161 cm³/mol. The van der Waals surface area contributed by atoms with Gasteiger partial charge in [0.25, 0.3) is 11.5 Å². The third-order valence-electron chi connectivity index (χ3n) is 5.76. The van der Waals surface area contributed by atoms with Crippen LogP contribution in [0, 0.1) is 5.82 Å². The molecule has 0 bridgehead atoms. The molecule has 0 aliphatic rings. The Morgan fingerprint density at radius 2 is 1.88 bits per heavy atom. The van der Waals surface area contributed by atoms with Gasteiger partial charge in [-0.25, -0.2) is 9.37 Å². The number of aromatic nitrogens is 2. The summed E-state index contributed by atoms with van der Waals surface area (Å²) >= 11 is 6.92. The molecule has 0 unspecified atom stereocenters. The largest absolute Gasteiger partial charge is 0.490 e. The van der Waals surface area contributed by atoms with Crippen LogP contribution in [0.25, 0.3) is 10.9 Å². The minimum absolute atomic E-state index is 0.259. The van der Waals surface area contributed by atoms with Crippen molar-refractivity contribution in [3.8, 4) is 11.5 Å². The maximum Gasteiger partial charge on any atom is 0.282 e. The number of carbonyl (C=O) groups is 1. The molecule has 1 heterocycles. The average Bonchev–Trinajstić information content (AvgIpc) is 2.93. The smallest absolute Gasteiger partial charge is 0.282 e. The number of benzene rings is 3. The summed E-state index contributed by atoms with van der Waals surface area (Å²) in [7, 11) is 0. The zero-order valence-corrected chi connectivity index (χ0v) is 25.1. The number of carbonyl (C=O) groups excluding carboxylic acids is 1. The van der Waals surface area contributed by atoms with Crippen molar-refractivity contribution in [2.24, 2.45) is 5.10 Å². The van der Waals surface area contributed by atoms with Gasteiger partial charge < -0.3 is 14.8 Å². The van der Waals surface area contributed by atoms with E-state index in [0.717, 1.165) is 17.3 Å². The van der Waals surface area contributed by atoms with Crippen molar-refractivity contribution in [3.05, 3.63) is 91.1 Å². The quantitative estimate of drug-likeness (QED) is 0.179. The molecule has 1 amide bonds. The maximum atomic E-state index is 13.4. The van der Waals surface area contributed by atoms with Crippen LogP contribution in [-0.4, -0.2) is 35.0 Å². The molecule has 208 valence electrons. The molecular formula is C29H27Br2FN4O4. The molecule has 0 fully saturated rings. The second kappa shape index (κ2) is 13.7. The summed E-state index contributed by atoms with van der Waals surface area (Å²) in [5.41, 5.74) is 1.46. The normalized spacial score (nSPS) is 11.2. The van der Waals surface area contributed by atoms with Gasteiger partial charge in [-0.2, -0.15) is 9.78 Å². The van der Waals surface area contributed by atoms with Gasteiger partial charge in [-0.15, -0.1) is 0 Å². The summed E-state index contributed by atoms with van der Waals surface area (Å²) in [5.74, 6) is 0.503. The van der Waals surface area contributed by atoms with Crippen LogP contribution in [0.2, 0.25) is 0 Å². The highest BCUT2D eigenvalue weighted by atomic mass is 79.9. The molecule has 0 saturated carbocycles. The third kappa shape index (κ3) is 7.33. The number of hydrogen-bond donors (Lipinski definition) is 1. The van der Waals surface area contributed by atoms with Gasteiger partial charge in [0.1, 0.15) is 11.6 Å². The van der Waals surface area contributed by atoms with Crippen LogP contribution >= 0.6 is 31.9 Å². The number of nitrogens with zero attached hydrogens (tertiary/aromatic N) is 3. The summed E-state index contributed by atoms with van der Waals surface area (Å²) in [4.78, 5) is 30.4. The van der Waals surface area contributed by atoms with E-state index in [4.69, 9.17) is 14.5 Å². The van der Waals surface area contributed by atoms with Crippen LogP contribution in [0.1, 0.15) is 38.1 Å². The number of anilines is 1. The molecule has 0 saturated heterocycles. The van der Waals surface area contributed by atoms with Crippen LogP contribution in [-0.2, 0) is 11.2 Å². The van der Waals surface area contributed by atoms with E-state index in [1.54, 1.807) is 24.4 Å². The second-order valence-electron chi connectivity index (χ2n) is 8.76. The molecule has 8 nitrogen and oxygen atoms in total. The second-order valence-corrected chi connectivity index (χ2v) is 10.5. The molecule has 1 aromatic heterocycles. The van der Waals surface area contributed by atoms with E-state index in [9.17, 15) is 14.0 Å². The van der Waals surface area contributed by atoms with E-state index in [-0.39, 0.29) is 12.2 Å². The van der Waals surface area contributed by atoms with Crippen molar-refractivity contribution in [1.82, 2.24) is 9.66 Å². The average molecular weight is 674 g/mol. The van der Waals surface area contributed by atoms with Gasteiger partial charge in [0, 0.05) is 16.6 Å². The first-order chi connectivity index (χ1) is 19.3. The van der Waals surface area contributed by atoms with Gasteiger partial charge in [-0.3, -0.25) is 9.59 Å². The number of ether oxygens (including phenoxy) is 2. The molecule has 0 aliphatic carbocycles. The van der Waals surface area contributed by atoms with Crippen molar-refractivity contribution < 1.29 is 18.7 Å². The predicted octanol–water partition coefficient (Wildman–Crippen LogP) is 6.70. The highest BCUT2D eigenvalue weighted by Crippen LogP contribution is 2.36. The number of hydrogen-bond acceptors (Lipinski definition) is 6. The lowest BCUT2D eigenvalue weighted by atomic mass is 10.2. The first-order valence-corrected chi connectivity index (χ1v) is 14.3. The number of fused-ring (bicyclic) bond motifs is 1. The van der Waals surface area contributed by atoms with Gasteiger partial charge in [0.2, 0.25) is 0 Å². The van der Waals surface area contributed by atoms with E-state index in [1.165, 1.54) is 28.9 Å². The Kier molecular flexibility index (Phi) is 10.1. The minimum atomic E-state index is -0.416. The fourth-order valence-corrected chi connectivity index (χ4v) is 4.80. The summed E-state index contributed by atoms with van der Waals surface area (Å²) in [5, 5.41) is 7.62. The Hall–Kier alpha value is -3.57. The zero-order chi connectivity index (χ0) is 28.6. The highest BCUT2D eigenvalue weighted by Gasteiger charge is 2.15. The zero-order valence-electron chi connectivity index (χ0n) is 21.9. The molecule has 40 heavy (non-hydrogen) atoms. The third-order valence-corrected chi connectivity index (χ3v) is 6.84. The Morgan fingerprint density at radius 3 is 2.60 bits per heavy atom. The summed E-state index contributed by atoms with van der Waals surface area (Å²) in [6.45, 7) is 3.97. The van der Waals surface area contributed by atoms with Crippen LogP contribution in [0.15, 0.2) is 73.4 Å². The first kappa shape index (κ1) is 29.4. The van der Waals surface area contributed by atoms with Gasteiger partial charge in [0.05, 0.1) is 28.2 Å². The van der Waals surface area contributed by atoms with Crippen LogP contribution in [0.4, 0.5) is 10.1 Å². The highest BCUT2D eigenvalue weighted by molar-refractivity contribution is 9.10. The molecule has 4 rings (SSSR count). The van der Waals surface area contributed by atoms with E-state index in [0.29, 0.717) is 57.0 Å². The monoisotopic (exact) mass is 672 g/mol. The van der Waals surface area contributed by atoms with Crippen LogP contribution < -0.4 is 20.3 Å². The number of unbranched alkanes of at least 4 members (excludes halogenated alkanes) is 1. The lowest BCUT2D eigenvalue weighted by Crippen LogP contribution is -2.22. The number of nitrogens with one attached hydrogen (secondary N) is 1. The fraction of sp³-hybridized carbons (Fsp3) is 0.241. The lowest BCUT2D eigenvalue weighted by Gasteiger charge is -2.15. The Labute approximate surface area is 247 Å². The number of rotatable bonds is 11.